The molecule has 0 fully saturated rings. The van der Waals surface area contributed by atoms with E-state index >= 15 is 0 Å². The highest BCUT2D eigenvalue weighted by Gasteiger charge is 2.16. The highest BCUT2D eigenvalue weighted by Crippen LogP contribution is 2.24. The smallest absolute Gasteiger partial charge is 0.257 e. The molecule has 0 bridgehead atoms. The number of hydrogen-bond donors (Lipinski definition) is 1. The van der Waals surface area contributed by atoms with Crippen molar-refractivity contribution < 1.29 is 9.53 Å². The van der Waals surface area contributed by atoms with Crippen LogP contribution in [0.15, 0.2) is 36.4 Å². The zero-order valence-corrected chi connectivity index (χ0v) is 15.4. The van der Waals surface area contributed by atoms with Crippen molar-refractivity contribution in [2.24, 2.45) is 0 Å². The van der Waals surface area contributed by atoms with Crippen LogP contribution in [-0.2, 0) is 13.0 Å². The SMILES string of the molecule is CC(C)Oc1ccc(C(=O)Nc2ccc3c(c2)CN(C)CC3)c(C#N)c1. The molecule has 0 spiro atoms. The van der Waals surface area contributed by atoms with E-state index in [0.29, 0.717) is 16.9 Å². The van der Waals surface area contributed by atoms with Gasteiger partial charge in [0.15, 0.2) is 0 Å². The molecule has 1 aliphatic rings. The van der Waals surface area contributed by atoms with Crippen LogP contribution in [0, 0.1) is 11.3 Å². The molecule has 0 unspecified atom stereocenters. The molecule has 0 saturated heterocycles. The lowest BCUT2D eigenvalue weighted by Gasteiger charge is -2.25. The molecule has 0 atom stereocenters. The second kappa shape index (κ2) is 7.59. The summed E-state index contributed by atoms with van der Waals surface area (Å²) in [4.78, 5) is 14.9. The summed E-state index contributed by atoms with van der Waals surface area (Å²) in [5.41, 5.74) is 3.96. The van der Waals surface area contributed by atoms with Gasteiger partial charge in [0.2, 0.25) is 0 Å². The number of benzene rings is 2. The topological polar surface area (TPSA) is 65.4 Å². The Morgan fingerprint density at radius 3 is 2.77 bits per heavy atom. The van der Waals surface area contributed by atoms with E-state index in [1.807, 2.05) is 26.0 Å². The Labute approximate surface area is 154 Å². The number of anilines is 1. The van der Waals surface area contributed by atoms with Crippen molar-refractivity contribution in [1.82, 2.24) is 4.90 Å². The average Bonchev–Trinajstić information content (AvgIpc) is 2.60. The first-order chi connectivity index (χ1) is 12.5. The number of ether oxygens (including phenoxy) is 1. The summed E-state index contributed by atoms with van der Waals surface area (Å²) in [5.74, 6) is 0.298. The van der Waals surface area contributed by atoms with E-state index in [2.05, 4.69) is 29.4 Å². The van der Waals surface area contributed by atoms with Crippen LogP contribution in [0.2, 0.25) is 0 Å². The minimum atomic E-state index is -0.290. The molecular formula is C21H23N3O2. The molecule has 1 aliphatic heterocycles. The van der Waals surface area contributed by atoms with E-state index in [9.17, 15) is 10.1 Å². The first kappa shape index (κ1) is 18.0. The Kier molecular flexibility index (Phi) is 5.24. The third-order valence-electron chi connectivity index (χ3n) is 4.40. The van der Waals surface area contributed by atoms with Gasteiger partial charge < -0.3 is 15.0 Å². The van der Waals surface area contributed by atoms with Crippen molar-refractivity contribution >= 4 is 11.6 Å². The van der Waals surface area contributed by atoms with Gasteiger partial charge in [0, 0.05) is 18.8 Å². The fourth-order valence-corrected chi connectivity index (χ4v) is 3.13. The van der Waals surface area contributed by atoms with Gasteiger partial charge in [-0.2, -0.15) is 5.26 Å². The van der Waals surface area contributed by atoms with E-state index in [-0.39, 0.29) is 12.0 Å². The maximum Gasteiger partial charge on any atom is 0.257 e. The van der Waals surface area contributed by atoms with Crippen LogP contribution < -0.4 is 10.1 Å². The summed E-state index contributed by atoms with van der Waals surface area (Å²) in [6, 6.07) is 13.1. The number of amides is 1. The lowest BCUT2D eigenvalue weighted by atomic mass is 9.99. The standard InChI is InChI=1S/C21H23N3O2/c1-14(2)26-19-6-7-20(16(11-19)12-22)21(25)23-18-5-4-15-8-9-24(3)13-17(15)10-18/h4-7,10-11,14H,8-9,13H2,1-3H3,(H,23,25). The number of likely N-dealkylation sites (N-methyl/N-ethyl adjacent to an activating group) is 1. The first-order valence-electron chi connectivity index (χ1n) is 8.79. The van der Waals surface area contributed by atoms with E-state index < -0.39 is 0 Å². The Balaban J connectivity index is 1.80. The Morgan fingerprint density at radius 2 is 2.04 bits per heavy atom. The second-order valence-corrected chi connectivity index (χ2v) is 6.91. The van der Waals surface area contributed by atoms with Gasteiger partial charge >= 0.3 is 0 Å². The van der Waals surface area contributed by atoms with Crippen molar-refractivity contribution in [3.05, 3.63) is 58.7 Å². The minimum Gasteiger partial charge on any atom is -0.491 e. The van der Waals surface area contributed by atoms with Crippen molar-refractivity contribution in [3.8, 4) is 11.8 Å². The predicted molar refractivity (Wildman–Crippen MR) is 101 cm³/mol. The number of rotatable bonds is 4. The van der Waals surface area contributed by atoms with Gasteiger partial charge in [-0.15, -0.1) is 0 Å². The zero-order chi connectivity index (χ0) is 18.7. The Hall–Kier alpha value is -2.84. The van der Waals surface area contributed by atoms with E-state index in [1.165, 1.54) is 11.1 Å². The number of nitrogens with zero attached hydrogens (tertiary/aromatic N) is 2. The largest absolute Gasteiger partial charge is 0.491 e. The van der Waals surface area contributed by atoms with E-state index in [4.69, 9.17) is 4.74 Å². The molecule has 0 aliphatic carbocycles. The molecule has 1 N–H and O–H groups in total. The molecule has 0 radical (unpaired) electrons. The third-order valence-corrected chi connectivity index (χ3v) is 4.40. The normalized spacial score (nSPS) is 13.8. The summed E-state index contributed by atoms with van der Waals surface area (Å²) >= 11 is 0. The quantitative estimate of drug-likeness (QED) is 0.916. The van der Waals surface area contributed by atoms with Crippen LogP contribution in [0.1, 0.15) is 40.9 Å². The lowest BCUT2D eigenvalue weighted by molar-refractivity contribution is 0.102. The van der Waals surface area contributed by atoms with Crippen LogP contribution in [-0.4, -0.2) is 30.5 Å². The molecule has 0 aromatic heterocycles. The molecule has 134 valence electrons. The summed E-state index contributed by atoms with van der Waals surface area (Å²) < 4.78 is 5.59. The number of carbonyl (C=O) groups excluding carboxylic acids is 1. The molecule has 1 heterocycles. The third kappa shape index (κ3) is 4.04. The maximum absolute atomic E-state index is 12.6. The molecule has 5 nitrogen and oxygen atoms in total. The fourth-order valence-electron chi connectivity index (χ4n) is 3.13. The van der Waals surface area contributed by atoms with Crippen molar-refractivity contribution in [2.45, 2.75) is 32.9 Å². The van der Waals surface area contributed by atoms with Gasteiger partial charge in [-0.25, -0.2) is 0 Å². The van der Waals surface area contributed by atoms with Gasteiger partial charge in [0.25, 0.3) is 5.91 Å². The van der Waals surface area contributed by atoms with Gasteiger partial charge in [-0.3, -0.25) is 4.79 Å². The highest BCUT2D eigenvalue weighted by molar-refractivity contribution is 6.06. The van der Waals surface area contributed by atoms with Gasteiger partial charge in [0.05, 0.1) is 17.2 Å². The van der Waals surface area contributed by atoms with E-state index in [1.54, 1.807) is 18.2 Å². The average molecular weight is 349 g/mol. The summed E-state index contributed by atoms with van der Waals surface area (Å²) in [5, 5.41) is 12.3. The minimum absolute atomic E-state index is 0.00912. The summed E-state index contributed by atoms with van der Waals surface area (Å²) in [6.07, 6.45) is 1.03. The van der Waals surface area contributed by atoms with Crippen LogP contribution in [0.25, 0.3) is 0 Å². The second-order valence-electron chi connectivity index (χ2n) is 6.91. The molecule has 26 heavy (non-hydrogen) atoms. The number of fused-ring (bicyclic) bond motifs is 1. The van der Waals surface area contributed by atoms with Gasteiger partial charge in [-0.05, 0) is 68.8 Å². The van der Waals surface area contributed by atoms with Crippen LogP contribution in [0.4, 0.5) is 5.69 Å². The van der Waals surface area contributed by atoms with Crippen molar-refractivity contribution in [3.63, 3.8) is 0 Å². The maximum atomic E-state index is 12.6. The number of nitrogens with one attached hydrogen (secondary N) is 1. The molecule has 3 rings (SSSR count). The molecule has 0 saturated carbocycles. The van der Waals surface area contributed by atoms with Gasteiger partial charge in [0.1, 0.15) is 11.8 Å². The number of nitriles is 1. The highest BCUT2D eigenvalue weighted by atomic mass is 16.5. The molecule has 2 aromatic rings. The number of hydrogen-bond acceptors (Lipinski definition) is 4. The van der Waals surface area contributed by atoms with Crippen molar-refractivity contribution in [1.29, 1.82) is 5.26 Å². The van der Waals surface area contributed by atoms with Crippen molar-refractivity contribution in [2.75, 3.05) is 18.9 Å². The van der Waals surface area contributed by atoms with Crippen LogP contribution in [0.5, 0.6) is 5.75 Å². The zero-order valence-electron chi connectivity index (χ0n) is 15.4. The van der Waals surface area contributed by atoms with E-state index in [0.717, 1.165) is 25.2 Å². The van der Waals surface area contributed by atoms with Crippen LogP contribution in [0.3, 0.4) is 0 Å². The Bertz CT molecular complexity index is 868. The molecular weight excluding hydrogens is 326 g/mol. The molecule has 2 aromatic carbocycles. The first-order valence-corrected chi connectivity index (χ1v) is 8.79. The fraction of sp³-hybridized carbons (Fsp3) is 0.333. The number of carbonyl (C=O) groups is 1. The Morgan fingerprint density at radius 1 is 1.23 bits per heavy atom. The van der Waals surface area contributed by atoms with Crippen LogP contribution >= 0.6 is 0 Å². The lowest BCUT2D eigenvalue weighted by Crippen LogP contribution is -2.26. The molecule has 1 amide bonds. The monoisotopic (exact) mass is 349 g/mol. The summed E-state index contributed by atoms with van der Waals surface area (Å²) in [7, 11) is 2.09. The predicted octanol–water partition coefficient (Wildman–Crippen LogP) is 3.59. The van der Waals surface area contributed by atoms with Gasteiger partial charge in [-0.1, -0.05) is 6.07 Å². The molecule has 5 heteroatoms. The summed E-state index contributed by atoms with van der Waals surface area (Å²) in [6.45, 7) is 5.76.